The van der Waals surface area contributed by atoms with Gasteiger partial charge >= 0.3 is 0 Å². The number of nitrogens with zero attached hydrogens (tertiary/aromatic N) is 2. The summed E-state index contributed by atoms with van der Waals surface area (Å²) in [6.45, 7) is 0.331. The van der Waals surface area contributed by atoms with Crippen molar-refractivity contribution in [2.45, 2.75) is 28.7 Å². The molecule has 1 unspecified atom stereocenters. The van der Waals surface area contributed by atoms with Crippen molar-refractivity contribution in [3.05, 3.63) is 78.1 Å². The molecule has 43 heavy (non-hydrogen) atoms. The van der Waals surface area contributed by atoms with Crippen LogP contribution in [0, 0.1) is 22.9 Å². The summed E-state index contributed by atoms with van der Waals surface area (Å²) in [5.74, 6) is -2.51. The van der Waals surface area contributed by atoms with Gasteiger partial charge in [0.05, 0.1) is 12.7 Å². The molecule has 232 valence electrons. The maximum absolute atomic E-state index is 14.6. The minimum Gasteiger partial charge on any atom is -0.492 e. The Balaban J connectivity index is 1.48. The zero-order chi connectivity index (χ0) is 31.0. The number of ether oxygens (including phenoxy) is 1. The fourth-order valence-electron chi connectivity index (χ4n) is 5.65. The standard InChI is InChI=1S/C29H32F3N3O6S2/c1-34-17-22(36)16-33-42(37,38)28-9-6-20(23-8-7-21(30)15-25(23)32)14-26(28)41-19-29(18-34)10-12-35(13-11-29)43(39,40)27-5-3-2-4-24(27)31/h2-9,14-15,22,33,36H,10-13,16-19H2,1H3. The van der Waals surface area contributed by atoms with E-state index in [0.29, 0.717) is 19.4 Å². The Hall–Kier alpha value is -3.01. The number of aliphatic hydroxyl groups is 1. The Morgan fingerprint density at radius 3 is 2.42 bits per heavy atom. The van der Waals surface area contributed by atoms with Crippen molar-refractivity contribution in [1.82, 2.24) is 13.9 Å². The van der Waals surface area contributed by atoms with Gasteiger partial charge < -0.3 is 14.7 Å². The first kappa shape index (κ1) is 31.4. The normalized spacial score (nSPS) is 21.7. The van der Waals surface area contributed by atoms with E-state index in [1.807, 2.05) is 4.90 Å². The highest BCUT2D eigenvalue weighted by Crippen LogP contribution is 2.38. The molecule has 0 radical (unpaired) electrons. The third-order valence-corrected chi connectivity index (χ3v) is 11.3. The number of likely N-dealkylation sites (N-methyl/N-ethyl adjacent to an activating group) is 1. The molecule has 2 heterocycles. The van der Waals surface area contributed by atoms with Gasteiger partial charge in [-0.05, 0) is 61.9 Å². The predicted molar refractivity (Wildman–Crippen MR) is 153 cm³/mol. The van der Waals surface area contributed by atoms with Gasteiger partial charge in [-0.1, -0.05) is 18.2 Å². The van der Waals surface area contributed by atoms with Gasteiger partial charge in [0.25, 0.3) is 0 Å². The summed E-state index contributed by atoms with van der Waals surface area (Å²) in [7, 11) is -6.51. The molecule has 0 amide bonds. The lowest BCUT2D eigenvalue weighted by Crippen LogP contribution is -2.51. The van der Waals surface area contributed by atoms with Crippen LogP contribution in [-0.4, -0.2) is 83.6 Å². The fraction of sp³-hybridized carbons (Fsp3) is 0.379. The van der Waals surface area contributed by atoms with Crippen molar-refractivity contribution >= 4 is 20.0 Å². The van der Waals surface area contributed by atoms with Crippen LogP contribution >= 0.6 is 0 Å². The second-order valence-corrected chi connectivity index (χ2v) is 14.8. The lowest BCUT2D eigenvalue weighted by molar-refractivity contribution is 0.0318. The van der Waals surface area contributed by atoms with E-state index in [2.05, 4.69) is 4.72 Å². The second kappa shape index (κ2) is 12.2. The summed E-state index contributed by atoms with van der Waals surface area (Å²) >= 11 is 0. The van der Waals surface area contributed by atoms with E-state index >= 15 is 0 Å². The highest BCUT2D eigenvalue weighted by atomic mass is 32.2. The van der Waals surface area contributed by atoms with Crippen molar-refractivity contribution in [1.29, 1.82) is 0 Å². The molecule has 3 aromatic rings. The second-order valence-electron chi connectivity index (χ2n) is 11.1. The van der Waals surface area contributed by atoms with Crippen molar-refractivity contribution in [2.24, 2.45) is 5.41 Å². The fourth-order valence-corrected chi connectivity index (χ4v) is 8.36. The molecule has 3 aromatic carbocycles. The number of aliphatic hydroxyl groups excluding tert-OH is 1. The summed E-state index contributed by atoms with van der Waals surface area (Å²) < 4.78 is 105. The Bertz CT molecular complexity index is 1710. The van der Waals surface area contributed by atoms with Crippen molar-refractivity contribution < 1.29 is 39.9 Å². The molecule has 2 aliphatic heterocycles. The molecule has 1 saturated heterocycles. The number of piperidine rings is 1. The first-order chi connectivity index (χ1) is 20.3. The summed E-state index contributed by atoms with van der Waals surface area (Å²) in [5, 5.41) is 10.6. The molecule has 9 nitrogen and oxygen atoms in total. The third-order valence-electron chi connectivity index (χ3n) is 7.88. The predicted octanol–water partition coefficient (Wildman–Crippen LogP) is 3.21. The molecule has 0 aliphatic carbocycles. The molecule has 0 aromatic heterocycles. The van der Waals surface area contributed by atoms with Crippen LogP contribution in [0.3, 0.4) is 0 Å². The summed E-state index contributed by atoms with van der Waals surface area (Å²) in [6, 6.07) is 12.2. The first-order valence-electron chi connectivity index (χ1n) is 13.6. The zero-order valence-electron chi connectivity index (χ0n) is 23.3. The quantitative estimate of drug-likeness (QED) is 0.452. The van der Waals surface area contributed by atoms with Gasteiger partial charge in [0, 0.05) is 49.8 Å². The smallest absolute Gasteiger partial charge is 0.245 e. The van der Waals surface area contributed by atoms with E-state index in [1.165, 1.54) is 46.8 Å². The van der Waals surface area contributed by atoms with Gasteiger partial charge in [-0.25, -0.2) is 34.7 Å². The minimum atomic E-state index is -4.17. The molecule has 5 rings (SSSR count). The molecule has 1 spiro atoms. The largest absolute Gasteiger partial charge is 0.492 e. The van der Waals surface area contributed by atoms with Crippen LogP contribution in [-0.2, 0) is 20.0 Å². The molecule has 2 N–H and O–H groups in total. The molecule has 0 bridgehead atoms. The van der Waals surface area contributed by atoms with Crippen molar-refractivity contribution in [3.63, 3.8) is 0 Å². The van der Waals surface area contributed by atoms with E-state index in [9.17, 15) is 35.1 Å². The van der Waals surface area contributed by atoms with Gasteiger partial charge in [0.2, 0.25) is 20.0 Å². The number of β-amino-alcohol motifs (C(OH)–C–C–N with tert-alkyl or cyclic N) is 1. The Morgan fingerprint density at radius 2 is 1.72 bits per heavy atom. The van der Waals surface area contributed by atoms with Gasteiger partial charge in [-0.15, -0.1) is 0 Å². The molecular weight excluding hydrogens is 607 g/mol. The number of sulfonamides is 2. The number of nitrogens with one attached hydrogen (secondary N) is 1. The summed E-state index contributed by atoms with van der Waals surface area (Å²) in [5.41, 5.74) is -0.378. The van der Waals surface area contributed by atoms with Gasteiger partial charge in [0.1, 0.15) is 33.0 Å². The highest BCUT2D eigenvalue weighted by molar-refractivity contribution is 7.89. The minimum absolute atomic E-state index is 0.0289. The van der Waals surface area contributed by atoms with Gasteiger partial charge in [-0.3, -0.25) is 0 Å². The average Bonchev–Trinajstić information content (AvgIpc) is 2.95. The Kier molecular flexibility index (Phi) is 8.89. The number of hydrogen-bond acceptors (Lipinski definition) is 7. The van der Waals surface area contributed by atoms with E-state index in [1.54, 1.807) is 7.05 Å². The molecule has 1 atom stereocenters. The van der Waals surface area contributed by atoms with Gasteiger partial charge in [-0.2, -0.15) is 4.31 Å². The van der Waals surface area contributed by atoms with E-state index < -0.39 is 53.9 Å². The maximum Gasteiger partial charge on any atom is 0.245 e. The number of rotatable bonds is 3. The SMILES string of the molecule is CN1CC(O)CNS(=O)(=O)c2ccc(-c3ccc(F)cc3F)cc2OCC2(CCN(S(=O)(=O)c3ccccc3F)CC2)C1. The Morgan fingerprint density at radius 1 is 1.00 bits per heavy atom. The molecule has 0 saturated carbocycles. The first-order valence-corrected chi connectivity index (χ1v) is 16.6. The Labute approximate surface area is 249 Å². The molecule has 14 heteroatoms. The number of benzene rings is 3. The lowest BCUT2D eigenvalue weighted by atomic mass is 9.79. The van der Waals surface area contributed by atoms with Gasteiger partial charge in [0.15, 0.2) is 0 Å². The van der Waals surface area contributed by atoms with Crippen LogP contribution in [0.2, 0.25) is 0 Å². The third kappa shape index (κ3) is 6.74. The molecular formula is C29H32F3N3O6S2. The zero-order valence-corrected chi connectivity index (χ0v) is 25.0. The van der Waals surface area contributed by atoms with Crippen LogP contribution in [0.4, 0.5) is 13.2 Å². The number of hydrogen-bond donors (Lipinski definition) is 2. The van der Waals surface area contributed by atoms with E-state index in [0.717, 1.165) is 18.2 Å². The monoisotopic (exact) mass is 639 g/mol. The molecule has 2 aliphatic rings. The van der Waals surface area contributed by atoms with Crippen molar-refractivity contribution in [3.8, 4) is 16.9 Å². The maximum atomic E-state index is 14.6. The summed E-state index contributed by atoms with van der Waals surface area (Å²) in [6.07, 6.45) is -0.448. The van der Waals surface area contributed by atoms with Crippen LogP contribution in [0.1, 0.15) is 12.8 Å². The van der Waals surface area contributed by atoms with Crippen LogP contribution < -0.4 is 9.46 Å². The number of fused-ring (bicyclic) bond motifs is 1. The highest BCUT2D eigenvalue weighted by Gasteiger charge is 2.41. The number of halogens is 3. The van der Waals surface area contributed by atoms with Crippen LogP contribution in [0.15, 0.2) is 70.5 Å². The molecule has 1 fully saturated rings. The summed E-state index contributed by atoms with van der Waals surface area (Å²) in [4.78, 5) is 1.19. The van der Waals surface area contributed by atoms with Crippen LogP contribution in [0.25, 0.3) is 11.1 Å². The van der Waals surface area contributed by atoms with E-state index in [-0.39, 0.29) is 54.6 Å². The average molecular weight is 640 g/mol. The van der Waals surface area contributed by atoms with Crippen LogP contribution in [0.5, 0.6) is 5.75 Å². The topological polar surface area (TPSA) is 116 Å². The van der Waals surface area contributed by atoms with E-state index in [4.69, 9.17) is 4.74 Å². The lowest BCUT2D eigenvalue weighted by Gasteiger charge is -2.43. The van der Waals surface area contributed by atoms with Crippen molar-refractivity contribution in [2.75, 3.05) is 46.4 Å².